The molecule has 2 rings (SSSR count). The van der Waals surface area contributed by atoms with E-state index in [2.05, 4.69) is 5.32 Å². The predicted octanol–water partition coefficient (Wildman–Crippen LogP) is -0.154. The molecule has 0 bridgehead atoms. The van der Waals surface area contributed by atoms with Gasteiger partial charge in [-0.3, -0.25) is 4.79 Å². The third-order valence-electron chi connectivity index (χ3n) is 3.13. The zero-order chi connectivity index (χ0) is 15.8. The summed E-state index contributed by atoms with van der Waals surface area (Å²) in [5, 5.41) is 7.13. The Labute approximate surface area is 121 Å². The lowest BCUT2D eigenvalue weighted by atomic mass is 10.1. The Kier molecular flexibility index (Phi) is 4.04. The summed E-state index contributed by atoms with van der Waals surface area (Å²) in [5.74, 6) is -2.66. The van der Waals surface area contributed by atoms with Gasteiger partial charge in [-0.25, -0.2) is 26.4 Å². The van der Waals surface area contributed by atoms with Crippen molar-refractivity contribution in [2.75, 3.05) is 16.8 Å². The lowest BCUT2D eigenvalue weighted by Gasteiger charge is -2.11. The third-order valence-corrected chi connectivity index (χ3v) is 5.81. The maximum absolute atomic E-state index is 13.6. The van der Waals surface area contributed by atoms with E-state index in [1.54, 1.807) is 0 Å². The van der Waals surface area contributed by atoms with Crippen molar-refractivity contribution in [2.45, 2.75) is 11.3 Å². The number of amides is 1. The first-order chi connectivity index (χ1) is 9.58. The van der Waals surface area contributed by atoms with E-state index in [-0.39, 0.29) is 28.5 Å². The molecule has 1 amide bonds. The number of primary sulfonamides is 1. The molecular formula is C11H13FN2O5S2. The van der Waals surface area contributed by atoms with Gasteiger partial charge in [-0.2, -0.15) is 0 Å². The Morgan fingerprint density at radius 2 is 2.05 bits per heavy atom. The van der Waals surface area contributed by atoms with Crippen LogP contribution in [-0.2, 0) is 24.7 Å². The molecule has 116 valence electrons. The molecule has 1 aromatic carbocycles. The molecule has 0 aromatic heterocycles. The molecule has 1 aliphatic heterocycles. The highest BCUT2D eigenvalue weighted by Gasteiger charge is 2.33. The molecule has 1 unspecified atom stereocenters. The standard InChI is InChI=1S/C11H13FN2O5S2/c12-9-2-1-8(21(13,18)19)5-10(9)14-11(15)7-3-4-20(16,17)6-7/h1-2,5,7H,3-4,6H2,(H,14,15)(H2,13,18,19). The topological polar surface area (TPSA) is 123 Å². The zero-order valence-electron chi connectivity index (χ0n) is 10.7. The van der Waals surface area contributed by atoms with E-state index >= 15 is 0 Å². The average molecular weight is 336 g/mol. The van der Waals surface area contributed by atoms with Crippen LogP contribution >= 0.6 is 0 Å². The summed E-state index contributed by atoms with van der Waals surface area (Å²) in [5.41, 5.74) is -0.351. The molecule has 1 aliphatic rings. The molecule has 10 heteroatoms. The van der Waals surface area contributed by atoms with Gasteiger partial charge in [0.2, 0.25) is 15.9 Å². The van der Waals surface area contributed by atoms with Crippen molar-refractivity contribution in [3.63, 3.8) is 0 Å². The van der Waals surface area contributed by atoms with Gasteiger partial charge >= 0.3 is 0 Å². The Hall–Kier alpha value is -1.52. The lowest BCUT2D eigenvalue weighted by molar-refractivity contribution is -0.119. The fourth-order valence-electron chi connectivity index (χ4n) is 2.01. The maximum Gasteiger partial charge on any atom is 0.238 e. The Bertz CT molecular complexity index is 789. The van der Waals surface area contributed by atoms with Crippen molar-refractivity contribution >= 4 is 31.5 Å². The van der Waals surface area contributed by atoms with E-state index in [9.17, 15) is 26.0 Å². The van der Waals surface area contributed by atoms with Crippen molar-refractivity contribution in [1.29, 1.82) is 0 Å². The number of sulfone groups is 1. The van der Waals surface area contributed by atoms with Gasteiger partial charge in [-0.15, -0.1) is 0 Å². The van der Waals surface area contributed by atoms with E-state index in [1.807, 2.05) is 0 Å². The fraction of sp³-hybridized carbons (Fsp3) is 0.364. The number of rotatable bonds is 3. The highest BCUT2D eigenvalue weighted by molar-refractivity contribution is 7.91. The smallest absolute Gasteiger partial charge is 0.238 e. The summed E-state index contributed by atoms with van der Waals surface area (Å²) in [6, 6.07) is 2.73. The van der Waals surface area contributed by atoms with Crippen molar-refractivity contribution in [1.82, 2.24) is 0 Å². The van der Waals surface area contributed by atoms with Gasteiger partial charge in [-0.1, -0.05) is 0 Å². The number of nitrogens with two attached hydrogens (primary N) is 1. The number of sulfonamides is 1. The molecular weight excluding hydrogens is 323 g/mol. The van der Waals surface area contributed by atoms with Crippen LogP contribution in [0.5, 0.6) is 0 Å². The normalized spacial score (nSPS) is 21.1. The van der Waals surface area contributed by atoms with E-state index < -0.39 is 37.5 Å². The third kappa shape index (κ3) is 3.77. The highest BCUT2D eigenvalue weighted by atomic mass is 32.2. The van der Waals surface area contributed by atoms with E-state index in [4.69, 9.17) is 5.14 Å². The Morgan fingerprint density at radius 1 is 1.38 bits per heavy atom. The van der Waals surface area contributed by atoms with Gasteiger partial charge in [0.1, 0.15) is 5.82 Å². The quantitative estimate of drug-likeness (QED) is 0.794. The Balaban J connectivity index is 2.22. The van der Waals surface area contributed by atoms with Crippen LogP contribution in [-0.4, -0.2) is 34.2 Å². The predicted molar refractivity (Wildman–Crippen MR) is 73.2 cm³/mol. The summed E-state index contributed by atoms with van der Waals surface area (Å²) in [6.07, 6.45) is 0.157. The molecule has 0 saturated carbocycles. The van der Waals surface area contributed by atoms with Gasteiger partial charge in [0.15, 0.2) is 9.84 Å². The lowest BCUT2D eigenvalue weighted by Crippen LogP contribution is -2.24. The second kappa shape index (κ2) is 5.35. The number of carbonyl (C=O) groups excluding carboxylic acids is 1. The minimum Gasteiger partial charge on any atom is -0.323 e. The first-order valence-corrected chi connectivity index (χ1v) is 9.29. The molecule has 0 spiro atoms. The second-order valence-corrected chi connectivity index (χ2v) is 8.57. The molecule has 1 atom stereocenters. The number of nitrogens with one attached hydrogen (secondary N) is 1. The zero-order valence-corrected chi connectivity index (χ0v) is 12.4. The van der Waals surface area contributed by atoms with Gasteiger partial charge in [-0.05, 0) is 24.6 Å². The molecule has 1 saturated heterocycles. The van der Waals surface area contributed by atoms with Crippen LogP contribution in [0.15, 0.2) is 23.1 Å². The van der Waals surface area contributed by atoms with Crippen molar-refractivity contribution in [3.05, 3.63) is 24.0 Å². The van der Waals surface area contributed by atoms with Gasteiger partial charge in [0.05, 0.1) is 28.0 Å². The number of halogens is 1. The number of carbonyl (C=O) groups is 1. The minimum absolute atomic E-state index is 0.0925. The number of anilines is 1. The number of hydrogen-bond donors (Lipinski definition) is 2. The summed E-state index contributed by atoms with van der Waals surface area (Å²) in [7, 11) is -7.27. The van der Waals surface area contributed by atoms with Gasteiger partial charge in [0.25, 0.3) is 0 Å². The molecule has 21 heavy (non-hydrogen) atoms. The highest BCUT2D eigenvalue weighted by Crippen LogP contribution is 2.23. The second-order valence-electron chi connectivity index (χ2n) is 4.78. The Morgan fingerprint density at radius 3 is 2.57 bits per heavy atom. The molecule has 0 aliphatic carbocycles. The van der Waals surface area contributed by atoms with Crippen molar-refractivity contribution in [3.8, 4) is 0 Å². The number of benzene rings is 1. The van der Waals surface area contributed by atoms with Crippen molar-refractivity contribution < 1.29 is 26.0 Å². The van der Waals surface area contributed by atoms with E-state index in [0.29, 0.717) is 0 Å². The van der Waals surface area contributed by atoms with Crippen LogP contribution in [0.25, 0.3) is 0 Å². The first-order valence-electron chi connectivity index (χ1n) is 5.92. The fourth-order valence-corrected chi connectivity index (χ4v) is 4.29. The molecule has 1 aromatic rings. The largest absolute Gasteiger partial charge is 0.323 e. The average Bonchev–Trinajstić information content (AvgIpc) is 2.71. The monoisotopic (exact) mass is 336 g/mol. The summed E-state index contributed by atoms with van der Waals surface area (Å²) in [6.45, 7) is 0. The van der Waals surface area contributed by atoms with Crippen molar-refractivity contribution in [2.24, 2.45) is 11.1 Å². The first kappa shape index (κ1) is 15.9. The van der Waals surface area contributed by atoms with Crippen LogP contribution in [0.1, 0.15) is 6.42 Å². The maximum atomic E-state index is 13.6. The molecule has 7 nitrogen and oxygen atoms in total. The van der Waals surface area contributed by atoms with E-state index in [0.717, 1.165) is 18.2 Å². The summed E-state index contributed by atoms with van der Waals surface area (Å²) < 4.78 is 58.6. The van der Waals surface area contributed by atoms with Crippen LogP contribution in [0, 0.1) is 11.7 Å². The van der Waals surface area contributed by atoms with Crippen LogP contribution < -0.4 is 10.5 Å². The molecule has 3 N–H and O–H groups in total. The van der Waals surface area contributed by atoms with Gasteiger partial charge in [0, 0.05) is 0 Å². The van der Waals surface area contributed by atoms with Gasteiger partial charge < -0.3 is 5.32 Å². The summed E-state index contributed by atoms with van der Waals surface area (Å²) >= 11 is 0. The number of hydrogen-bond acceptors (Lipinski definition) is 5. The van der Waals surface area contributed by atoms with E-state index in [1.165, 1.54) is 0 Å². The molecule has 1 heterocycles. The minimum atomic E-state index is -4.03. The molecule has 1 fully saturated rings. The molecule has 0 radical (unpaired) electrons. The van der Waals surface area contributed by atoms with Crippen LogP contribution in [0.3, 0.4) is 0 Å². The van der Waals surface area contributed by atoms with Crippen LogP contribution in [0.2, 0.25) is 0 Å². The van der Waals surface area contributed by atoms with Crippen LogP contribution in [0.4, 0.5) is 10.1 Å². The SMILES string of the molecule is NS(=O)(=O)c1ccc(F)c(NC(=O)C2CCS(=O)(=O)C2)c1. The summed E-state index contributed by atoms with van der Waals surface area (Å²) in [4.78, 5) is 11.5.